The van der Waals surface area contributed by atoms with E-state index in [0.29, 0.717) is 5.69 Å². The highest BCUT2D eigenvalue weighted by Gasteiger charge is 2.38. The molecule has 3 heteroatoms. The maximum atomic E-state index is 12.3. The van der Waals surface area contributed by atoms with Crippen molar-refractivity contribution in [3.8, 4) is 0 Å². The number of carbonyl (C=O) groups excluding carboxylic acids is 1. The van der Waals surface area contributed by atoms with Crippen LogP contribution in [-0.2, 0) is 14.9 Å². The van der Waals surface area contributed by atoms with Crippen LogP contribution in [0.4, 0.5) is 5.69 Å². The van der Waals surface area contributed by atoms with Gasteiger partial charge in [0.15, 0.2) is 0 Å². The summed E-state index contributed by atoms with van der Waals surface area (Å²) in [6, 6.07) is 16.9. The predicted octanol–water partition coefficient (Wildman–Crippen LogP) is 2.75. The number of nitrogens with two attached hydrogens (primary N) is 1. The number of hydrogen-bond donors (Lipinski definition) is 1. The Labute approximate surface area is 113 Å². The molecule has 1 unspecified atom stereocenters. The van der Waals surface area contributed by atoms with Crippen molar-refractivity contribution in [1.82, 2.24) is 0 Å². The van der Waals surface area contributed by atoms with Crippen molar-refractivity contribution in [2.75, 3.05) is 12.8 Å². The summed E-state index contributed by atoms with van der Waals surface area (Å²) in [6.45, 7) is 1.86. The van der Waals surface area contributed by atoms with Crippen LogP contribution in [0.5, 0.6) is 0 Å². The van der Waals surface area contributed by atoms with E-state index < -0.39 is 5.41 Å². The molecule has 0 radical (unpaired) electrons. The molecule has 0 spiro atoms. The van der Waals surface area contributed by atoms with Crippen LogP contribution < -0.4 is 5.73 Å². The van der Waals surface area contributed by atoms with E-state index in [2.05, 4.69) is 0 Å². The molecule has 0 amide bonds. The number of nitrogen functional groups attached to an aromatic ring is 1. The minimum Gasteiger partial charge on any atom is -0.468 e. The van der Waals surface area contributed by atoms with Gasteiger partial charge in [-0.25, -0.2) is 0 Å². The first-order valence-corrected chi connectivity index (χ1v) is 6.09. The van der Waals surface area contributed by atoms with Crippen LogP contribution in [0.3, 0.4) is 0 Å². The molecule has 0 aromatic heterocycles. The lowest BCUT2D eigenvalue weighted by atomic mass is 9.76. The number of ether oxygens (including phenoxy) is 1. The highest BCUT2D eigenvalue weighted by molar-refractivity contribution is 5.87. The van der Waals surface area contributed by atoms with Gasteiger partial charge in [-0.15, -0.1) is 0 Å². The van der Waals surface area contributed by atoms with Crippen LogP contribution in [0.15, 0.2) is 54.6 Å². The average Bonchev–Trinajstić information content (AvgIpc) is 2.47. The minimum atomic E-state index is -0.830. The third-order valence-electron chi connectivity index (χ3n) is 3.43. The SMILES string of the molecule is COC(=O)C(C)(c1ccccc1)c1ccc(N)cc1. The Morgan fingerprint density at radius 2 is 1.53 bits per heavy atom. The molecular formula is C16H17NO2. The van der Waals surface area contributed by atoms with Crippen molar-refractivity contribution in [3.05, 3.63) is 65.7 Å². The predicted molar refractivity (Wildman–Crippen MR) is 75.8 cm³/mol. The van der Waals surface area contributed by atoms with Gasteiger partial charge >= 0.3 is 5.97 Å². The van der Waals surface area contributed by atoms with Crippen molar-refractivity contribution in [2.24, 2.45) is 0 Å². The summed E-state index contributed by atoms with van der Waals surface area (Å²) >= 11 is 0. The standard InChI is InChI=1S/C16H17NO2/c1-16(15(18)19-2,12-6-4-3-5-7-12)13-8-10-14(17)11-9-13/h3-11H,17H2,1-2H3. The van der Waals surface area contributed by atoms with Crippen LogP contribution in [0.25, 0.3) is 0 Å². The summed E-state index contributed by atoms with van der Waals surface area (Å²) in [6.07, 6.45) is 0. The van der Waals surface area contributed by atoms with Gasteiger partial charge in [0.1, 0.15) is 5.41 Å². The molecule has 0 bridgehead atoms. The zero-order valence-corrected chi connectivity index (χ0v) is 11.1. The lowest BCUT2D eigenvalue weighted by Crippen LogP contribution is -2.35. The highest BCUT2D eigenvalue weighted by atomic mass is 16.5. The Morgan fingerprint density at radius 1 is 1.00 bits per heavy atom. The van der Waals surface area contributed by atoms with Crippen LogP contribution in [0.2, 0.25) is 0 Å². The molecule has 2 N–H and O–H groups in total. The summed E-state index contributed by atoms with van der Waals surface area (Å²) in [5.74, 6) is -0.288. The van der Waals surface area contributed by atoms with Crippen molar-refractivity contribution < 1.29 is 9.53 Å². The van der Waals surface area contributed by atoms with E-state index in [9.17, 15) is 4.79 Å². The second kappa shape index (κ2) is 5.14. The molecule has 3 nitrogen and oxygen atoms in total. The smallest absolute Gasteiger partial charge is 0.320 e. The lowest BCUT2D eigenvalue weighted by Gasteiger charge is -2.27. The van der Waals surface area contributed by atoms with Crippen LogP contribution in [-0.4, -0.2) is 13.1 Å². The van der Waals surface area contributed by atoms with Crippen LogP contribution >= 0.6 is 0 Å². The second-order valence-electron chi connectivity index (χ2n) is 4.60. The minimum absolute atomic E-state index is 0.288. The fourth-order valence-electron chi connectivity index (χ4n) is 2.19. The molecule has 0 heterocycles. The average molecular weight is 255 g/mol. The normalized spacial score (nSPS) is 13.6. The molecule has 2 aromatic carbocycles. The van der Waals surface area contributed by atoms with E-state index in [-0.39, 0.29) is 5.97 Å². The van der Waals surface area contributed by atoms with Gasteiger partial charge in [-0.1, -0.05) is 42.5 Å². The van der Waals surface area contributed by atoms with Gasteiger partial charge in [-0.3, -0.25) is 4.79 Å². The molecule has 0 aliphatic rings. The Kier molecular flexibility index (Phi) is 3.56. The number of anilines is 1. The third-order valence-corrected chi connectivity index (χ3v) is 3.43. The van der Waals surface area contributed by atoms with Gasteiger partial charge < -0.3 is 10.5 Å². The van der Waals surface area contributed by atoms with Crippen molar-refractivity contribution in [2.45, 2.75) is 12.3 Å². The first-order chi connectivity index (χ1) is 9.09. The van der Waals surface area contributed by atoms with Crippen LogP contribution in [0.1, 0.15) is 18.1 Å². The molecule has 0 fully saturated rings. The van der Waals surface area contributed by atoms with Gasteiger partial charge in [0.05, 0.1) is 7.11 Å². The molecule has 2 rings (SSSR count). The maximum Gasteiger partial charge on any atom is 0.320 e. The second-order valence-corrected chi connectivity index (χ2v) is 4.60. The summed E-state index contributed by atoms with van der Waals surface area (Å²) in [5, 5.41) is 0. The van der Waals surface area contributed by atoms with Gasteiger partial charge in [0, 0.05) is 5.69 Å². The largest absolute Gasteiger partial charge is 0.468 e. The number of benzene rings is 2. The van der Waals surface area contributed by atoms with Crippen molar-refractivity contribution in [1.29, 1.82) is 0 Å². The molecule has 0 aliphatic heterocycles. The van der Waals surface area contributed by atoms with Gasteiger partial charge in [0.2, 0.25) is 0 Å². The van der Waals surface area contributed by atoms with Crippen molar-refractivity contribution in [3.63, 3.8) is 0 Å². The molecule has 2 aromatic rings. The molecule has 19 heavy (non-hydrogen) atoms. The van der Waals surface area contributed by atoms with Gasteiger partial charge in [0.25, 0.3) is 0 Å². The van der Waals surface area contributed by atoms with E-state index in [1.165, 1.54) is 7.11 Å². The fraction of sp³-hybridized carbons (Fsp3) is 0.188. The first-order valence-electron chi connectivity index (χ1n) is 6.09. The number of carbonyl (C=O) groups is 1. The Bertz CT molecular complexity index is 563. The number of esters is 1. The van der Waals surface area contributed by atoms with Crippen LogP contribution in [0, 0.1) is 0 Å². The first kappa shape index (κ1) is 13.1. The molecular weight excluding hydrogens is 238 g/mol. The summed E-state index contributed by atoms with van der Waals surface area (Å²) < 4.78 is 4.98. The quantitative estimate of drug-likeness (QED) is 0.677. The molecule has 1 atom stereocenters. The number of hydrogen-bond acceptors (Lipinski definition) is 3. The number of methoxy groups -OCH3 is 1. The van der Waals surface area contributed by atoms with Crippen molar-refractivity contribution >= 4 is 11.7 Å². The van der Waals surface area contributed by atoms with E-state index in [1.807, 2.05) is 49.4 Å². The maximum absolute atomic E-state index is 12.3. The highest BCUT2D eigenvalue weighted by Crippen LogP contribution is 2.33. The monoisotopic (exact) mass is 255 g/mol. The summed E-state index contributed by atoms with van der Waals surface area (Å²) in [5.41, 5.74) is 7.30. The summed E-state index contributed by atoms with van der Waals surface area (Å²) in [7, 11) is 1.40. The van der Waals surface area contributed by atoms with E-state index in [4.69, 9.17) is 10.5 Å². The third kappa shape index (κ3) is 2.32. The van der Waals surface area contributed by atoms with E-state index in [0.717, 1.165) is 11.1 Å². The Morgan fingerprint density at radius 3 is 2.05 bits per heavy atom. The topological polar surface area (TPSA) is 52.3 Å². The lowest BCUT2D eigenvalue weighted by molar-refractivity contribution is -0.145. The van der Waals surface area contributed by atoms with Gasteiger partial charge in [-0.05, 0) is 30.2 Å². The molecule has 98 valence electrons. The zero-order chi connectivity index (χ0) is 13.9. The molecule has 0 saturated carbocycles. The fourth-order valence-corrected chi connectivity index (χ4v) is 2.19. The zero-order valence-electron chi connectivity index (χ0n) is 11.1. The molecule has 0 aliphatic carbocycles. The summed E-state index contributed by atoms with van der Waals surface area (Å²) in [4.78, 5) is 12.3. The Hall–Kier alpha value is -2.29. The molecule has 0 saturated heterocycles. The van der Waals surface area contributed by atoms with Gasteiger partial charge in [-0.2, -0.15) is 0 Å². The number of rotatable bonds is 3. The van der Waals surface area contributed by atoms with E-state index >= 15 is 0 Å². The Balaban J connectivity index is 2.58. The van der Waals surface area contributed by atoms with E-state index in [1.54, 1.807) is 12.1 Å².